The molecule has 1 aromatic carbocycles. The Morgan fingerprint density at radius 3 is 2.53 bits per heavy atom. The minimum atomic E-state index is -1.07. The minimum Gasteiger partial charge on any atom is -0.477 e. The van der Waals surface area contributed by atoms with Gasteiger partial charge < -0.3 is 10.0 Å². The lowest BCUT2D eigenvalue weighted by molar-refractivity contribution is -0.123. The van der Waals surface area contributed by atoms with E-state index >= 15 is 0 Å². The Hall–Kier alpha value is -2.83. The molecule has 158 valence electrons. The van der Waals surface area contributed by atoms with E-state index in [-0.39, 0.29) is 23.2 Å². The van der Waals surface area contributed by atoms with Crippen LogP contribution < -0.4 is 4.90 Å². The smallest absolute Gasteiger partial charge is 0.348 e. The number of carbonyl (C=O) groups excluding carboxylic acids is 1. The zero-order chi connectivity index (χ0) is 21.7. The lowest BCUT2D eigenvalue weighted by Gasteiger charge is -2.34. The van der Waals surface area contributed by atoms with Gasteiger partial charge in [0.1, 0.15) is 4.88 Å². The van der Waals surface area contributed by atoms with Crippen LogP contribution in [-0.2, 0) is 4.79 Å². The van der Waals surface area contributed by atoms with Crippen LogP contribution in [0.25, 0.3) is 20.9 Å². The highest BCUT2D eigenvalue weighted by Gasteiger charge is 2.34. The van der Waals surface area contributed by atoms with Crippen molar-refractivity contribution in [2.45, 2.75) is 45.6 Å². The number of benzene rings is 1. The van der Waals surface area contributed by atoms with E-state index in [0.29, 0.717) is 11.6 Å². The van der Waals surface area contributed by atoms with Crippen molar-refractivity contribution in [3.8, 4) is 10.4 Å². The molecule has 7 nitrogen and oxygen atoms in total. The highest BCUT2D eigenvalue weighted by Crippen LogP contribution is 2.39. The number of amides is 1. The fraction of sp³-hybridized carbons (Fsp3) is 0.455. The number of thiophene rings is 1. The van der Waals surface area contributed by atoms with E-state index in [1.807, 2.05) is 30.3 Å². The van der Waals surface area contributed by atoms with Crippen LogP contribution in [0.1, 0.15) is 49.2 Å². The van der Waals surface area contributed by atoms with Gasteiger partial charge >= 0.3 is 5.97 Å². The average Bonchev–Trinajstić information content (AvgIpc) is 3.18. The monoisotopic (exact) mass is 426 g/mol. The SMILES string of the molecule is CC1CCC(C(=O)N(c2cc(-c3ccccc3)sc2C(=O)O)C(C)CN=[N+]=[N-])CC1. The van der Waals surface area contributed by atoms with Gasteiger partial charge in [0.2, 0.25) is 5.91 Å². The maximum Gasteiger partial charge on any atom is 0.348 e. The highest BCUT2D eigenvalue weighted by atomic mass is 32.1. The molecule has 1 aliphatic carbocycles. The van der Waals surface area contributed by atoms with E-state index in [0.717, 1.165) is 47.5 Å². The third-order valence-electron chi connectivity index (χ3n) is 5.68. The van der Waals surface area contributed by atoms with Crippen molar-refractivity contribution in [3.63, 3.8) is 0 Å². The van der Waals surface area contributed by atoms with Gasteiger partial charge in [-0.1, -0.05) is 42.4 Å². The second kappa shape index (κ2) is 9.78. The predicted molar refractivity (Wildman–Crippen MR) is 119 cm³/mol. The topological polar surface area (TPSA) is 106 Å². The first kappa shape index (κ1) is 21.9. The number of azide groups is 1. The summed E-state index contributed by atoms with van der Waals surface area (Å²) in [5.41, 5.74) is 10.0. The first-order chi connectivity index (χ1) is 14.4. The summed E-state index contributed by atoms with van der Waals surface area (Å²) in [4.78, 5) is 30.9. The number of hydrogen-bond donors (Lipinski definition) is 1. The molecule has 0 aliphatic heterocycles. The second-order valence-corrected chi connectivity index (χ2v) is 8.98. The largest absolute Gasteiger partial charge is 0.477 e. The first-order valence-electron chi connectivity index (χ1n) is 10.2. The Kier molecular flexibility index (Phi) is 7.13. The fourth-order valence-corrected chi connectivity index (χ4v) is 4.97. The summed E-state index contributed by atoms with van der Waals surface area (Å²) in [6, 6.07) is 10.9. The maximum absolute atomic E-state index is 13.5. The summed E-state index contributed by atoms with van der Waals surface area (Å²) in [6.45, 7) is 4.07. The van der Waals surface area contributed by atoms with Crippen molar-refractivity contribution < 1.29 is 14.7 Å². The molecular weight excluding hydrogens is 400 g/mol. The lowest BCUT2D eigenvalue weighted by atomic mass is 9.82. The Morgan fingerprint density at radius 1 is 1.27 bits per heavy atom. The summed E-state index contributed by atoms with van der Waals surface area (Å²) >= 11 is 1.16. The third-order valence-corrected chi connectivity index (χ3v) is 6.84. The number of nitrogens with zero attached hydrogens (tertiary/aromatic N) is 4. The molecule has 1 saturated carbocycles. The molecule has 1 fully saturated rings. The van der Waals surface area contributed by atoms with Crippen molar-refractivity contribution >= 4 is 28.9 Å². The number of carboxylic acid groups (broad SMARTS) is 1. The molecule has 1 atom stereocenters. The lowest BCUT2D eigenvalue weighted by Crippen LogP contribution is -2.45. The molecule has 1 unspecified atom stereocenters. The molecule has 2 aromatic rings. The Labute approximate surface area is 180 Å². The Bertz CT molecular complexity index is 945. The first-order valence-corrected chi connectivity index (χ1v) is 11.0. The fourth-order valence-electron chi connectivity index (χ4n) is 3.97. The number of carboxylic acids is 1. The molecule has 1 aliphatic rings. The predicted octanol–water partition coefficient (Wildman–Crippen LogP) is 5.97. The molecule has 0 saturated heterocycles. The van der Waals surface area contributed by atoms with Gasteiger partial charge in [0.25, 0.3) is 0 Å². The molecular formula is C22H26N4O3S. The van der Waals surface area contributed by atoms with Gasteiger partial charge in [0.05, 0.1) is 5.69 Å². The van der Waals surface area contributed by atoms with Gasteiger partial charge in [0, 0.05) is 28.3 Å². The summed E-state index contributed by atoms with van der Waals surface area (Å²) in [5.74, 6) is -0.689. The van der Waals surface area contributed by atoms with E-state index in [2.05, 4.69) is 16.9 Å². The number of carbonyl (C=O) groups is 2. The molecule has 30 heavy (non-hydrogen) atoms. The van der Waals surface area contributed by atoms with E-state index in [9.17, 15) is 14.7 Å². The normalized spacial score (nSPS) is 19.5. The Morgan fingerprint density at radius 2 is 1.93 bits per heavy atom. The number of aromatic carboxylic acids is 1. The van der Waals surface area contributed by atoms with E-state index in [1.165, 1.54) is 0 Å². The van der Waals surface area contributed by atoms with Crippen LogP contribution in [-0.4, -0.2) is 29.6 Å². The third kappa shape index (κ3) is 4.83. The van der Waals surface area contributed by atoms with E-state index < -0.39 is 12.0 Å². The van der Waals surface area contributed by atoms with Gasteiger partial charge in [-0.15, -0.1) is 11.3 Å². The summed E-state index contributed by atoms with van der Waals surface area (Å²) in [7, 11) is 0. The molecule has 8 heteroatoms. The van der Waals surface area contributed by atoms with Crippen molar-refractivity contribution in [1.82, 2.24) is 0 Å². The summed E-state index contributed by atoms with van der Waals surface area (Å²) < 4.78 is 0. The number of anilines is 1. The molecule has 1 heterocycles. The number of rotatable bonds is 7. The zero-order valence-corrected chi connectivity index (χ0v) is 18.0. The van der Waals surface area contributed by atoms with Gasteiger partial charge in [-0.2, -0.15) is 0 Å². The van der Waals surface area contributed by atoms with Crippen LogP contribution in [0, 0.1) is 11.8 Å². The number of hydrogen-bond acceptors (Lipinski definition) is 4. The summed E-state index contributed by atoms with van der Waals surface area (Å²) in [6.07, 6.45) is 3.56. The molecule has 0 bridgehead atoms. The molecule has 3 rings (SSSR count). The quantitative estimate of drug-likeness (QED) is 0.335. The van der Waals surface area contributed by atoms with Crippen LogP contribution in [0.15, 0.2) is 41.5 Å². The standard InChI is InChI=1S/C22H26N4O3S/c1-14-8-10-17(11-9-14)21(27)26(15(2)13-24-25-23)18-12-19(30-20(18)22(28)29)16-6-4-3-5-7-16/h3-7,12,14-15,17H,8-11,13H2,1-2H3,(H,28,29). The van der Waals surface area contributed by atoms with Gasteiger partial charge in [-0.05, 0) is 55.7 Å². The molecule has 1 amide bonds. The molecule has 0 spiro atoms. The average molecular weight is 427 g/mol. The van der Waals surface area contributed by atoms with Gasteiger partial charge in [-0.3, -0.25) is 4.79 Å². The molecule has 1 aromatic heterocycles. The Balaban J connectivity index is 2.03. The van der Waals surface area contributed by atoms with Crippen molar-refractivity contribution in [1.29, 1.82) is 0 Å². The van der Waals surface area contributed by atoms with Crippen LogP contribution >= 0.6 is 11.3 Å². The van der Waals surface area contributed by atoms with Crippen molar-refractivity contribution in [2.24, 2.45) is 17.0 Å². The van der Waals surface area contributed by atoms with Crippen molar-refractivity contribution in [3.05, 3.63) is 51.7 Å². The van der Waals surface area contributed by atoms with Gasteiger partial charge in [-0.25, -0.2) is 4.79 Å². The van der Waals surface area contributed by atoms with E-state index in [1.54, 1.807) is 17.9 Å². The highest BCUT2D eigenvalue weighted by molar-refractivity contribution is 7.18. The zero-order valence-electron chi connectivity index (χ0n) is 17.2. The van der Waals surface area contributed by atoms with Crippen LogP contribution in [0.4, 0.5) is 5.69 Å². The van der Waals surface area contributed by atoms with E-state index in [4.69, 9.17) is 5.53 Å². The minimum absolute atomic E-state index is 0.0811. The molecule has 1 N–H and O–H groups in total. The van der Waals surface area contributed by atoms with Crippen LogP contribution in [0.5, 0.6) is 0 Å². The second-order valence-electron chi connectivity index (χ2n) is 7.92. The van der Waals surface area contributed by atoms with Crippen LogP contribution in [0.3, 0.4) is 0 Å². The van der Waals surface area contributed by atoms with Crippen molar-refractivity contribution in [2.75, 3.05) is 11.4 Å². The molecule has 0 radical (unpaired) electrons. The summed E-state index contributed by atoms with van der Waals surface area (Å²) in [5, 5.41) is 13.5. The maximum atomic E-state index is 13.5. The van der Waals surface area contributed by atoms with Crippen LogP contribution in [0.2, 0.25) is 0 Å². The van der Waals surface area contributed by atoms with Gasteiger partial charge in [0.15, 0.2) is 0 Å².